The van der Waals surface area contributed by atoms with Crippen molar-refractivity contribution in [3.05, 3.63) is 0 Å². The van der Waals surface area contributed by atoms with E-state index >= 15 is 0 Å². The van der Waals surface area contributed by atoms with Gasteiger partial charge in [-0.15, -0.1) is 0 Å². The minimum atomic E-state index is -0.866. The zero-order chi connectivity index (χ0) is 16.0. The zero-order valence-electron chi connectivity index (χ0n) is 12.9. The number of likely N-dealkylation sites (N-methyl/N-ethyl adjacent to an activating group) is 1. The highest BCUT2D eigenvalue weighted by Crippen LogP contribution is 2.35. The van der Waals surface area contributed by atoms with Gasteiger partial charge in [0.15, 0.2) is 0 Å². The third-order valence-electron chi connectivity index (χ3n) is 3.95. The van der Waals surface area contributed by atoms with Crippen molar-refractivity contribution < 1.29 is 24.2 Å². The molecule has 2 amide bonds. The van der Waals surface area contributed by atoms with Crippen molar-refractivity contribution in [1.29, 1.82) is 0 Å². The van der Waals surface area contributed by atoms with Crippen LogP contribution >= 0.6 is 0 Å². The lowest BCUT2D eigenvalue weighted by molar-refractivity contribution is -0.152. The summed E-state index contributed by atoms with van der Waals surface area (Å²) >= 11 is 0. The van der Waals surface area contributed by atoms with E-state index in [1.54, 1.807) is 0 Å². The maximum atomic E-state index is 12.3. The lowest BCUT2D eigenvalue weighted by Crippen LogP contribution is -2.53. The lowest BCUT2D eigenvalue weighted by atomic mass is 9.76. The third kappa shape index (κ3) is 4.09. The number of carbonyl (C=O) groups is 3. The number of methoxy groups -OCH3 is 1. The number of esters is 1. The molecule has 1 saturated heterocycles. The summed E-state index contributed by atoms with van der Waals surface area (Å²) in [5, 5.41) is 9.52. The number of aliphatic carboxylic acids is 1. The van der Waals surface area contributed by atoms with Crippen molar-refractivity contribution in [2.75, 3.05) is 33.8 Å². The Morgan fingerprint density at radius 3 is 2.57 bits per heavy atom. The zero-order valence-corrected chi connectivity index (χ0v) is 12.9. The summed E-state index contributed by atoms with van der Waals surface area (Å²) in [5.74, 6) is -1.35. The number of urea groups is 1. The highest BCUT2D eigenvalue weighted by Gasteiger charge is 2.43. The molecular weight excluding hydrogens is 276 g/mol. The normalized spacial score (nSPS) is 21.8. The maximum Gasteiger partial charge on any atom is 0.325 e. The third-order valence-corrected chi connectivity index (χ3v) is 3.95. The molecule has 1 aliphatic rings. The molecule has 1 atom stereocenters. The molecule has 0 radical (unpaired) electrons. The number of nitrogens with zero attached hydrogens (tertiary/aromatic N) is 2. The fourth-order valence-electron chi connectivity index (χ4n) is 2.83. The van der Waals surface area contributed by atoms with Crippen molar-refractivity contribution in [2.45, 2.75) is 32.6 Å². The molecule has 1 rings (SSSR count). The van der Waals surface area contributed by atoms with Gasteiger partial charge < -0.3 is 19.6 Å². The van der Waals surface area contributed by atoms with E-state index < -0.39 is 17.4 Å². The van der Waals surface area contributed by atoms with Crippen LogP contribution in [0.5, 0.6) is 0 Å². The number of amides is 2. The summed E-state index contributed by atoms with van der Waals surface area (Å²) in [5.41, 5.74) is -0.866. The number of hydrogen-bond donors (Lipinski definition) is 1. The Morgan fingerprint density at radius 1 is 1.38 bits per heavy atom. The first kappa shape index (κ1) is 17.3. The largest absolute Gasteiger partial charge is 0.481 e. The van der Waals surface area contributed by atoms with E-state index in [0.29, 0.717) is 25.8 Å². The number of piperidine rings is 1. The van der Waals surface area contributed by atoms with E-state index in [0.717, 1.165) is 6.42 Å². The minimum absolute atomic E-state index is 0.139. The fourth-order valence-corrected chi connectivity index (χ4v) is 2.83. The number of rotatable bonds is 5. The number of carboxylic acid groups (broad SMARTS) is 1. The van der Waals surface area contributed by atoms with Gasteiger partial charge in [-0.25, -0.2) is 4.79 Å². The van der Waals surface area contributed by atoms with Crippen LogP contribution in [0.15, 0.2) is 0 Å². The summed E-state index contributed by atoms with van der Waals surface area (Å²) in [6.07, 6.45) is 2.55. The van der Waals surface area contributed by atoms with E-state index in [-0.39, 0.29) is 19.1 Å². The first-order valence-corrected chi connectivity index (χ1v) is 7.16. The number of ether oxygens (including phenoxy) is 1. The standard InChI is InChI=1S/C14H24N2O5/c1-4-6-14(12(18)19)7-5-8-16(10-14)13(20)15(2)9-11(17)21-3/h4-10H2,1-3H3,(H,18,19). The molecule has 0 bridgehead atoms. The first-order chi connectivity index (χ1) is 9.86. The monoisotopic (exact) mass is 300 g/mol. The van der Waals surface area contributed by atoms with Crippen molar-refractivity contribution in [3.63, 3.8) is 0 Å². The summed E-state index contributed by atoms with van der Waals surface area (Å²) in [6.45, 7) is 2.51. The average molecular weight is 300 g/mol. The van der Waals surface area contributed by atoms with Crippen LogP contribution in [0.4, 0.5) is 4.79 Å². The van der Waals surface area contributed by atoms with Gasteiger partial charge >= 0.3 is 18.0 Å². The first-order valence-electron chi connectivity index (χ1n) is 7.16. The molecule has 1 fully saturated rings. The van der Waals surface area contributed by atoms with Crippen LogP contribution in [-0.4, -0.2) is 66.7 Å². The van der Waals surface area contributed by atoms with Gasteiger partial charge in [-0.05, 0) is 19.3 Å². The summed E-state index contributed by atoms with van der Waals surface area (Å²) in [7, 11) is 2.77. The molecule has 0 aromatic carbocycles. The summed E-state index contributed by atoms with van der Waals surface area (Å²) < 4.78 is 4.53. The molecule has 0 aromatic rings. The molecule has 1 unspecified atom stereocenters. The van der Waals surface area contributed by atoms with Gasteiger partial charge in [0.25, 0.3) is 0 Å². The van der Waals surface area contributed by atoms with Gasteiger partial charge in [0.2, 0.25) is 0 Å². The Balaban J connectivity index is 2.76. The minimum Gasteiger partial charge on any atom is -0.481 e. The van der Waals surface area contributed by atoms with Crippen LogP contribution in [0, 0.1) is 5.41 Å². The summed E-state index contributed by atoms with van der Waals surface area (Å²) in [6, 6.07) is -0.332. The molecule has 0 saturated carbocycles. The predicted octanol–water partition coefficient (Wildman–Crippen LogP) is 1.18. The van der Waals surface area contributed by atoms with Crippen LogP contribution < -0.4 is 0 Å². The fraction of sp³-hybridized carbons (Fsp3) is 0.786. The van der Waals surface area contributed by atoms with E-state index in [9.17, 15) is 19.5 Å². The second kappa shape index (κ2) is 7.28. The highest BCUT2D eigenvalue weighted by molar-refractivity contribution is 5.82. The average Bonchev–Trinajstić information content (AvgIpc) is 2.46. The molecule has 0 aliphatic carbocycles. The number of carbonyl (C=O) groups excluding carboxylic acids is 2. The van der Waals surface area contributed by atoms with E-state index in [1.807, 2.05) is 6.92 Å². The molecule has 1 heterocycles. The highest BCUT2D eigenvalue weighted by atomic mass is 16.5. The van der Waals surface area contributed by atoms with Crippen LogP contribution in [0.25, 0.3) is 0 Å². The number of carboxylic acids is 1. The second-order valence-electron chi connectivity index (χ2n) is 5.58. The van der Waals surface area contributed by atoms with Gasteiger partial charge in [-0.3, -0.25) is 9.59 Å². The Hall–Kier alpha value is -1.79. The molecule has 1 N–H and O–H groups in total. The quantitative estimate of drug-likeness (QED) is 0.770. The van der Waals surface area contributed by atoms with Crippen molar-refractivity contribution in [3.8, 4) is 0 Å². The Kier molecular flexibility index (Phi) is 5.99. The van der Waals surface area contributed by atoms with Gasteiger partial charge in [-0.1, -0.05) is 13.3 Å². The second-order valence-corrected chi connectivity index (χ2v) is 5.58. The van der Waals surface area contributed by atoms with Gasteiger partial charge in [0, 0.05) is 20.1 Å². The smallest absolute Gasteiger partial charge is 0.325 e. The van der Waals surface area contributed by atoms with Crippen molar-refractivity contribution in [1.82, 2.24) is 9.80 Å². The van der Waals surface area contributed by atoms with Gasteiger partial charge in [0.05, 0.1) is 12.5 Å². The van der Waals surface area contributed by atoms with Crippen LogP contribution in [0.2, 0.25) is 0 Å². The lowest BCUT2D eigenvalue weighted by Gasteiger charge is -2.41. The molecular formula is C14H24N2O5. The molecule has 120 valence electrons. The van der Waals surface area contributed by atoms with Gasteiger partial charge in [0.1, 0.15) is 6.54 Å². The van der Waals surface area contributed by atoms with Crippen LogP contribution in [0.3, 0.4) is 0 Å². The van der Waals surface area contributed by atoms with E-state index in [4.69, 9.17) is 0 Å². The molecule has 0 aromatic heterocycles. The number of hydrogen-bond acceptors (Lipinski definition) is 4. The summed E-state index contributed by atoms with van der Waals surface area (Å²) in [4.78, 5) is 37.9. The molecule has 21 heavy (non-hydrogen) atoms. The van der Waals surface area contributed by atoms with E-state index in [1.165, 1.54) is 24.0 Å². The predicted molar refractivity (Wildman–Crippen MR) is 75.8 cm³/mol. The number of likely N-dealkylation sites (tertiary alicyclic amines) is 1. The molecule has 0 spiro atoms. The maximum absolute atomic E-state index is 12.3. The van der Waals surface area contributed by atoms with Crippen molar-refractivity contribution >= 4 is 18.0 Å². The molecule has 7 heteroatoms. The Labute approximate surface area is 124 Å². The van der Waals surface area contributed by atoms with Gasteiger partial charge in [-0.2, -0.15) is 0 Å². The van der Waals surface area contributed by atoms with Crippen molar-refractivity contribution in [2.24, 2.45) is 5.41 Å². The van der Waals surface area contributed by atoms with Crippen LogP contribution in [0.1, 0.15) is 32.6 Å². The Morgan fingerprint density at radius 2 is 2.05 bits per heavy atom. The molecule has 1 aliphatic heterocycles. The SMILES string of the molecule is CCCC1(C(=O)O)CCCN(C(=O)N(C)CC(=O)OC)C1. The topological polar surface area (TPSA) is 87.2 Å². The van der Waals surface area contributed by atoms with E-state index in [2.05, 4.69) is 4.74 Å². The Bertz CT molecular complexity index is 408. The van der Waals surface area contributed by atoms with Crippen LogP contribution in [-0.2, 0) is 14.3 Å². The molecule has 7 nitrogen and oxygen atoms in total.